The first-order chi connectivity index (χ1) is 12.9. The number of halogens is 1. The summed E-state index contributed by atoms with van der Waals surface area (Å²) < 4.78 is 31.6. The van der Waals surface area contributed by atoms with E-state index in [4.69, 9.17) is 4.74 Å². The molecule has 1 saturated heterocycles. The lowest BCUT2D eigenvalue weighted by Crippen LogP contribution is -2.44. The number of nitrogens with one attached hydrogen (secondary N) is 2. The summed E-state index contributed by atoms with van der Waals surface area (Å²) in [6.07, 6.45) is 0. The van der Waals surface area contributed by atoms with E-state index in [1.54, 1.807) is 12.1 Å². The second kappa shape index (κ2) is 11.0. The van der Waals surface area contributed by atoms with E-state index in [0.717, 1.165) is 4.47 Å². The fraction of sp³-hybridized carbons (Fsp3) is 0.500. The molecule has 0 bridgehead atoms. The molecule has 0 atom stereocenters. The van der Waals surface area contributed by atoms with Crippen molar-refractivity contribution in [3.63, 3.8) is 0 Å². The van der Waals surface area contributed by atoms with E-state index in [-0.39, 0.29) is 35.6 Å². The lowest BCUT2D eigenvalue weighted by molar-refractivity contribution is -0.118. The van der Waals surface area contributed by atoms with E-state index < -0.39 is 10.0 Å². The van der Waals surface area contributed by atoms with E-state index in [2.05, 4.69) is 26.6 Å². The Morgan fingerprint density at radius 3 is 2.59 bits per heavy atom. The molecule has 0 unspecified atom stereocenters. The fourth-order valence-corrected chi connectivity index (χ4v) is 4.69. The minimum Gasteiger partial charge on any atom is -0.379 e. The number of rotatable bonds is 9. The van der Waals surface area contributed by atoms with Crippen molar-refractivity contribution in [2.24, 2.45) is 0 Å². The molecular weight excluding hydrogens is 458 g/mol. The van der Waals surface area contributed by atoms with Gasteiger partial charge < -0.3 is 15.4 Å². The van der Waals surface area contributed by atoms with Gasteiger partial charge in [0.15, 0.2) is 0 Å². The molecule has 27 heavy (non-hydrogen) atoms. The van der Waals surface area contributed by atoms with Crippen molar-refractivity contribution < 1.29 is 22.7 Å². The number of amides is 2. The van der Waals surface area contributed by atoms with Crippen molar-refractivity contribution in [3.8, 4) is 0 Å². The Hall–Kier alpha value is -1.14. The standard InChI is InChI=1S/C16H22BrN3O5S2/c17-13-2-1-3-14(10-13)19-16(22)12-26-11-15(21)18-4-9-27(23,24)20-5-7-25-8-6-20/h1-3,10H,4-9,11-12H2,(H,18,21)(H,19,22). The van der Waals surface area contributed by atoms with Crippen LogP contribution in [0.15, 0.2) is 28.7 Å². The Morgan fingerprint density at radius 2 is 1.89 bits per heavy atom. The highest BCUT2D eigenvalue weighted by molar-refractivity contribution is 9.10. The highest BCUT2D eigenvalue weighted by atomic mass is 79.9. The average Bonchev–Trinajstić information content (AvgIpc) is 2.62. The number of anilines is 1. The first-order valence-electron chi connectivity index (χ1n) is 8.32. The van der Waals surface area contributed by atoms with E-state index in [9.17, 15) is 18.0 Å². The third-order valence-electron chi connectivity index (χ3n) is 3.62. The number of ether oxygens (including phenoxy) is 1. The van der Waals surface area contributed by atoms with Gasteiger partial charge >= 0.3 is 0 Å². The summed E-state index contributed by atoms with van der Waals surface area (Å²) in [5, 5.41) is 5.31. The van der Waals surface area contributed by atoms with Crippen molar-refractivity contribution >= 4 is 55.2 Å². The minimum atomic E-state index is -3.39. The Morgan fingerprint density at radius 1 is 1.19 bits per heavy atom. The minimum absolute atomic E-state index is 0.0450. The molecule has 0 radical (unpaired) electrons. The number of carbonyl (C=O) groups is 2. The predicted molar refractivity (Wildman–Crippen MR) is 109 cm³/mol. The molecule has 0 spiro atoms. The summed E-state index contributed by atoms with van der Waals surface area (Å²) in [4.78, 5) is 23.6. The van der Waals surface area contributed by atoms with Gasteiger partial charge in [-0.2, -0.15) is 4.31 Å². The van der Waals surface area contributed by atoms with Crippen LogP contribution in [0.4, 0.5) is 5.69 Å². The molecule has 1 aromatic rings. The van der Waals surface area contributed by atoms with Gasteiger partial charge in [0.25, 0.3) is 0 Å². The SMILES string of the molecule is O=C(CSCC(=O)Nc1cccc(Br)c1)NCCS(=O)(=O)N1CCOCC1. The summed E-state index contributed by atoms with van der Waals surface area (Å²) in [6.45, 7) is 1.52. The van der Waals surface area contributed by atoms with E-state index in [1.165, 1.54) is 16.1 Å². The van der Waals surface area contributed by atoms with Crippen LogP contribution in [-0.2, 0) is 24.3 Å². The molecule has 2 rings (SSSR count). The maximum atomic E-state index is 12.1. The van der Waals surface area contributed by atoms with Gasteiger partial charge in [0.05, 0.1) is 30.5 Å². The second-order valence-electron chi connectivity index (χ2n) is 5.73. The molecule has 8 nitrogen and oxygen atoms in total. The second-order valence-corrected chi connectivity index (χ2v) is 9.72. The van der Waals surface area contributed by atoms with E-state index >= 15 is 0 Å². The summed E-state index contributed by atoms with van der Waals surface area (Å²) in [7, 11) is -3.39. The molecule has 0 aromatic heterocycles. The predicted octanol–water partition coefficient (Wildman–Crippen LogP) is 0.899. The molecule has 1 aliphatic rings. The van der Waals surface area contributed by atoms with Crippen molar-refractivity contribution in [1.29, 1.82) is 0 Å². The largest absolute Gasteiger partial charge is 0.379 e. The van der Waals surface area contributed by atoms with Gasteiger partial charge in [0.2, 0.25) is 21.8 Å². The number of thioether (sulfide) groups is 1. The maximum Gasteiger partial charge on any atom is 0.234 e. The third-order valence-corrected chi connectivity index (χ3v) is 6.92. The Bertz CT molecular complexity index is 754. The Kier molecular flexibility index (Phi) is 9.03. The first-order valence-corrected chi connectivity index (χ1v) is 11.9. The van der Waals surface area contributed by atoms with Crippen molar-refractivity contribution in [2.75, 3.05) is 55.4 Å². The lowest BCUT2D eigenvalue weighted by atomic mass is 10.3. The summed E-state index contributed by atoms with van der Waals surface area (Å²) in [6, 6.07) is 7.22. The molecule has 1 heterocycles. The third kappa shape index (κ3) is 8.18. The van der Waals surface area contributed by atoms with Crippen LogP contribution in [-0.4, -0.2) is 74.6 Å². The molecular formula is C16H22BrN3O5S2. The van der Waals surface area contributed by atoms with Gasteiger partial charge in [-0.05, 0) is 18.2 Å². The number of hydrogen-bond acceptors (Lipinski definition) is 6. The molecule has 1 fully saturated rings. The van der Waals surface area contributed by atoms with Gasteiger partial charge in [0, 0.05) is 29.8 Å². The van der Waals surface area contributed by atoms with Crippen LogP contribution in [0, 0.1) is 0 Å². The van der Waals surface area contributed by atoms with Gasteiger partial charge in [0.1, 0.15) is 0 Å². The highest BCUT2D eigenvalue weighted by Crippen LogP contribution is 2.16. The van der Waals surface area contributed by atoms with Gasteiger partial charge in [-0.1, -0.05) is 22.0 Å². The van der Waals surface area contributed by atoms with Gasteiger partial charge in [-0.3, -0.25) is 9.59 Å². The molecule has 1 aliphatic heterocycles. The quantitative estimate of drug-likeness (QED) is 0.544. The van der Waals surface area contributed by atoms with Crippen molar-refractivity contribution in [3.05, 3.63) is 28.7 Å². The van der Waals surface area contributed by atoms with Crippen LogP contribution in [0.5, 0.6) is 0 Å². The Balaban J connectivity index is 1.61. The number of carbonyl (C=O) groups excluding carboxylic acids is 2. The first kappa shape index (κ1) is 22.2. The smallest absolute Gasteiger partial charge is 0.234 e. The van der Waals surface area contributed by atoms with Crippen LogP contribution in [0.25, 0.3) is 0 Å². The zero-order chi connectivity index (χ0) is 19.7. The monoisotopic (exact) mass is 479 g/mol. The lowest BCUT2D eigenvalue weighted by Gasteiger charge is -2.26. The zero-order valence-electron chi connectivity index (χ0n) is 14.6. The van der Waals surface area contributed by atoms with Gasteiger partial charge in [-0.25, -0.2) is 8.42 Å². The number of nitrogens with zero attached hydrogens (tertiary/aromatic N) is 1. The number of benzene rings is 1. The molecule has 2 N–H and O–H groups in total. The maximum absolute atomic E-state index is 12.1. The number of morpholine rings is 1. The molecule has 2 amide bonds. The summed E-state index contributed by atoms with van der Waals surface area (Å²) in [5.41, 5.74) is 0.674. The van der Waals surface area contributed by atoms with Crippen LogP contribution < -0.4 is 10.6 Å². The van der Waals surface area contributed by atoms with Gasteiger partial charge in [-0.15, -0.1) is 11.8 Å². The number of hydrogen-bond donors (Lipinski definition) is 2. The molecule has 150 valence electrons. The van der Waals surface area contributed by atoms with Crippen LogP contribution >= 0.6 is 27.7 Å². The van der Waals surface area contributed by atoms with Crippen molar-refractivity contribution in [1.82, 2.24) is 9.62 Å². The van der Waals surface area contributed by atoms with E-state index in [0.29, 0.717) is 32.0 Å². The van der Waals surface area contributed by atoms with E-state index in [1.807, 2.05) is 12.1 Å². The molecule has 0 saturated carbocycles. The topological polar surface area (TPSA) is 105 Å². The highest BCUT2D eigenvalue weighted by Gasteiger charge is 2.23. The Labute approximate surface area is 171 Å². The average molecular weight is 480 g/mol. The molecule has 0 aliphatic carbocycles. The normalized spacial score (nSPS) is 15.3. The molecule has 1 aromatic carbocycles. The number of sulfonamides is 1. The zero-order valence-corrected chi connectivity index (χ0v) is 17.9. The van der Waals surface area contributed by atoms with Crippen molar-refractivity contribution in [2.45, 2.75) is 0 Å². The summed E-state index contributed by atoms with van der Waals surface area (Å²) >= 11 is 4.49. The van der Waals surface area contributed by atoms with Crippen LogP contribution in [0.1, 0.15) is 0 Å². The fourth-order valence-electron chi connectivity index (χ4n) is 2.32. The van der Waals surface area contributed by atoms with Crippen LogP contribution in [0.3, 0.4) is 0 Å². The summed E-state index contributed by atoms with van der Waals surface area (Å²) in [5.74, 6) is -0.435. The van der Waals surface area contributed by atoms with Crippen LogP contribution in [0.2, 0.25) is 0 Å². The molecule has 11 heteroatoms.